The Hall–Kier alpha value is -2.43. The molecule has 0 atom stereocenters. The van der Waals surface area contributed by atoms with Gasteiger partial charge in [-0.2, -0.15) is 0 Å². The molecule has 1 N–H and O–H groups in total. The fourth-order valence-electron chi connectivity index (χ4n) is 1.85. The lowest BCUT2D eigenvalue weighted by molar-refractivity contribution is -0.128. The van der Waals surface area contributed by atoms with Gasteiger partial charge in [-0.05, 0) is 62.7 Å². The minimum atomic E-state index is -1.20. The maximum atomic E-state index is 13.3. The maximum Gasteiger partial charge on any atom is 0.267 e. The van der Waals surface area contributed by atoms with Gasteiger partial charge in [-0.25, -0.2) is 8.78 Å². The number of ether oxygens (including phenoxy) is 1. The molecule has 0 aliphatic rings. The van der Waals surface area contributed by atoms with E-state index in [2.05, 4.69) is 5.32 Å². The van der Waals surface area contributed by atoms with Gasteiger partial charge in [0.05, 0.1) is 0 Å². The number of aryl methyl sites for hydroxylation is 1. The van der Waals surface area contributed by atoms with Crippen molar-refractivity contribution in [1.82, 2.24) is 0 Å². The van der Waals surface area contributed by atoms with E-state index in [0.717, 1.165) is 5.56 Å². The average molecular weight is 305 g/mol. The Morgan fingerprint density at radius 3 is 2.27 bits per heavy atom. The molecule has 3 nitrogen and oxygen atoms in total. The molecule has 22 heavy (non-hydrogen) atoms. The molecule has 5 heteroatoms. The Bertz CT molecular complexity index is 682. The van der Waals surface area contributed by atoms with Crippen LogP contribution < -0.4 is 10.1 Å². The van der Waals surface area contributed by atoms with E-state index >= 15 is 0 Å². The van der Waals surface area contributed by atoms with Crippen molar-refractivity contribution in [3.8, 4) is 5.75 Å². The van der Waals surface area contributed by atoms with Crippen molar-refractivity contribution >= 4 is 11.6 Å². The zero-order chi connectivity index (χ0) is 16.3. The highest BCUT2D eigenvalue weighted by Crippen LogP contribution is 2.22. The number of hydrogen-bond acceptors (Lipinski definition) is 2. The van der Waals surface area contributed by atoms with Gasteiger partial charge in [0.1, 0.15) is 17.4 Å². The molecular weight excluding hydrogens is 288 g/mol. The van der Waals surface area contributed by atoms with E-state index in [1.165, 1.54) is 36.4 Å². The number of amides is 1. The van der Waals surface area contributed by atoms with Crippen molar-refractivity contribution in [2.45, 2.75) is 26.4 Å². The van der Waals surface area contributed by atoms with Crippen LogP contribution in [0, 0.1) is 18.6 Å². The predicted molar refractivity (Wildman–Crippen MR) is 80.9 cm³/mol. The van der Waals surface area contributed by atoms with Crippen LogP contribution in [0.2, 0.25) is 0 Å². The molecule has 0 fully saturated rings. The SMILES string of the molecule is Cc1ccc(F)cc1NC(=O)C(C)(C)Oc1ccc(F)cc1. The fraction of sp³-hybridized carbons (Fsp3) is 0.235. The standard InChI is InChI=1S/C17H17F2NO2/c1-11-4-5-13(19)10-15(11)20-16(21)17(2,3)22-14-8-6-12(18)7-9-14/h4-10H,1-3H3,(H,20,21). The van der Waals surface area contributed by atoms with Gasteiger partial charge in [0.15, 0.2) is 5.60 Å². The van der Waals surface area contributed by atoms with Crippen molar-refractivity contribution in [1.29, 1.82) is 0 Å². The van der Waals surface area contributed by atoms with Gasteiger partial charge in [-0.15, -0.1) is 0 Å². The summed E-state index contributed by atoms with van der Waals surface area (Å²) in [7, 11) is 0. The number of hydrogen-bond donors (Lipinski definition) is 1. The summed E-state index contributed by atoms with van der Waals surface area (Å²) in [5, 5.41) is 2.64. The highest BCUT2D eigenvalue weighted by Gasteiger charge is 2.30. The quantitative estimate of drug-likeness (QED) is 0.924. The van der Waals surface area contributed by atoms with Gasteiger partial charge >= 0.3 is 0 Å². The molecule has 2 aromatic rings. The lowest BCUT2D eigenvalue weighted by Crippen LogP contribution is -2.42. The third kappa shape index (κ3) is 3.81. The van der Waals surface area contributed by atoms with E-state index in [1.54, 1.807) is 26.8 Å². The third-order valence-electron chi connectivity index (χ3n) is 3.18. The second kappa shape index (κ2) is 6.13. The van der Waals surface area contributed by atoms with E-state index in [0.29, 0.717) is 11.4 Å². The molecule has 0 bridgehead atoms. The number of carbonyl (C=O) groups excluding carboxylic acids is 1. The number of halogens is 2. The third-order valence-corrected chi connectivity index (χ3v) is 3.18. The molecule has 0 heterocycles. The number of carbonyl (C=O) groups is 1. The lowest BCUT2D eigenvalue weighted by atomic mass is 10.1. The van der Waals surface area contributed by atoms with Crippen molar-refractivity contribution < 1.29 is 18.3 Å². The summed E-state index contributed by atoms with van der Waals surface area (Å²) < 4.78 is 31.7. The Kier molecular flexibility index (Phi) is 4.45. The van der Waals surface area contributed by atoms with Crippen LogP contribution in [0.25, 0.3) is 0 Å². The zero-order valence-electron chi connectivity index (χ0n) is 12.6. The molecule has 0 radical (unpaired) electrons. The molecule has 0 aliphatic heterocycles. The highest BCUT2D eigenvalue weighted by atomic mass is 19.1. The number of anilines is 1. The second-order valence-corrected chi connectivity index (χ2v) is 5.48. The zero-order valence-corrected chi connectivity index (χ0v) is 12.6. The van der Waals surface area contributed by atoms with Crippen LogP contribution in [0.1, 0.15) is 19.4 Å². The molecule has 2 aromatic carbocycles. The summed E-state index contributed by atoms with van der Waals surface area (Å²) in [5.74, 6) is -0.869. The molecule has 0 aliphatic carbocycles. The summed E-state index contributed by atoms with van der Waals surface area (Å²) in [6, 6.07) is 9.54. The van der Waals surface area contributed by atoms with Gasteiger partial charge in [0.2, 0.25) is 0 Å². The van der Waals surface area contributed by atoms with Crippen LogP contribution >= 0.6 is 0 Å². The molecule has 0 unspecified atom stereocenters. The van der Waals surface area contributed by atoms with Gasteiger partial charge in [-0.1, -0.05) is 6.07 Å². The molecule has 0 spiro atoms. The minimum Gasteiger partial charge on any atom is -0.478 e. The van der Waals surface area contributed by atoms with E-state index in [9.17, 15) is 13.6 Å². The molecular formula is C17H17F2NO2. The number of rotatable bonds is 4. The van der Waals surface area contributed by atoms with Crippen LogP contribution in [-0.2, 0) is 4.79 Å². The normalized spacial score (nSPS) is 11.1. The van der Waals surface area contributed by atoms with Crippen LogP contribution in [0.15, 0.2) is 42.5 Å². The van der Waals surface area contributed by atoms with Crippen molar-refractivity contribution in [2.75, 3.05) is 5.32 Å². The average Bonchev–Trinajstić information content (AvgIpc) is 2.45. The van der Waals surface area contributed by atoms with Gasteiger partial charge < -0.3 is 10.1 Å². The van der Waals surface area contributed by atoms with Crippen molar-refractivity contribution in [2.24, 2.45) is 0 Å². The lowest BCUT2D eigenvalue weighted by Gasteiger charge is -2.25. The fourth-order valence-corrected chi connectivity index (χ4v) is 1.85. The van der Waals surface area contributed by atoms with E-state index < -0.39 is 17.3 Å². The summed E-state index contributed by atoms with van der Waals surface area (Å²) >= 11 is 0. The van der Waals surface area contributed by atoms with E-state index in [-0.39, 0.29) is 5.82 Å². The molecule has 2 rings (SSSR count). The first-order valence-electron chi connectivity index (χ1n) is 6.80. The monoisotopic (exact) mass is 305 g/mol. The Morgan fingerprint density at radius 1 is 1.05 bits per heavy atom. The van der Waals surface area contributed by atoms with E-state index in [4.69, 9.17) is 4.74 Å². The second-order valence-electron chi connectivity index (χ2n) is 5.48. The van der Waals surface area contributed by atoms with Gasteiger partial charge in [0, 0.05) is 5.69 Å². The summed E-state index contributed by atoms with van der Waals surface area (Å²) in [5.41, 5.74) is -0.0653. The smallest absolute Gasteiger partial charge is 0.267 e. The van der Waals surface area contributed by atoms with Crippen LogP contribution in [-0.4, -0.2) is 11.5 Å². The topological polar surface area (TPSA) is 38.3 Å². The van der Waals surface area contributed by atoms with Crippen LogP contribution in [0.4, 0.5) is 14.5 Å². The van der Waals surface area contributed by atoms with Crippen LogP contribution in [0.5, 0.6) is 5.75 Å². The number of benzene rings is 2. The van der Waals surface area contributed by atoms with Crippen molar-refractivity contribution in [3.63, 3.8) is 0 Å². The molecule has 0 aromatic heterocycles. The molecule has 116 valence electrons. The number of nitrogens with one attached hydrogen (secondary N) is 1. The van der Waals surface area contributed by atoms with Gasteiger partial charge in [0.25, 0.3) is 5.91 Å². The first kappa shape index (κ1) is 15.9. The predicted octanol–water partition coefficient (Wildman–Crippen LogP) is 4.07. The highest BCUT2D eigenvalue weighted by molar-refractivity contribution is 5.97. The summed E-state index contributed by atoms with van der Waals surface area (Å²) in [6.07, 6.45) is 0. The molecule has 0 saturated heterocycles. The Morgan fingerprint density at radius 2 is 1.64 bits per heavy atom. The largest absolute Gasteiger partial charge is 0.478 e. The van der Waals surface area contributed by atoms with Crippen LogP contribution in [0.3, 0.4) is 0 Å². The Balaban J connectivity index is 2.13. The first-order chi connectivity index (χ1) is 10.3. The summed E-state index contributed by atoms with van der Waals surface area (Å²) in [6.45, 7) is 4.93. The minimum absolute atomic E-state index is 0.373. The maximum absolute atomic E-state index is 13.3. The van der Waals surface area contributed by atoms with Crippen molar-refractivity contribution in [3.05, 3.63) is 59.7 Å². The first-order valence-corrected chi connectivity index (χ1v) is 6.80. The molecule has 1 amide bonds. The molecule has 0 saturated carbocycles. The van der Waals surface area contributed by atoms with Gasteiger partial charge in [-0.3, -0.25) is 4.79 Å². The Labute approximate surface area is 127 Å². The van der Waals surface area contributed by atoms with E-state index in [1.807, 2.05) is 0 Å². The summed E-state index contributed by atoms with van der Waals surface area (Å²) in [4.78, 5) is 12.3.